The van der Waals surface area contributed by atoms with Gasteiger partial charge in [-0.3, -0.25) is 0 Å². The highest BCUT2D eigenvalue weighted by Crippen LogP contribution is 2.22. The molecule has 2 aromatic rings. The van der Waals surface area contributed by atoms with Gasteiger partial charge in [-0.05, 0) is 48.5 Å². The average molecular weight is 392 g/mol. The predicted octanol–water partition coefficient (Wildman–Crippen LogP) is 2.46. The Kier molecular flexibility index (Phi) is 7.86. The zero-order valence-electron chi connectivity index (χ0n) is 15.4. The summed E-state index contributed by atoms with van der Waals surface area (Å²) in [7, 11) is 0.309. The molecular formula is C18H24N4O4S. The Morgan fingerprint density at radius 3 is 2.04 bits per heavy atom. The number of nitrogens with zero attached hydrogens (tertiary/aromatic N) is 3. The van der Waals surface area contributed by atoms with Crippen molar-refractivity contribution in [1.82, 2.24) is 4.72 Å². The van der Waals surface area contributed by atoms with E-state index < -0.39 is 10.0 Å². The van der Waals surface area contributed by atoms with Gasteiger partial charge in [-0.1, -0.05) is 0 Å². The van der Waals surface area contributed by atoms with Crippen molar-refractivity contribution in [3.8, 4) is 0 Å². The number of sulfonamides is 1. The highest BCUT2D eigenvalue weighted by atomic mass is 32.2. The van der Waals surface area contributed by atoms with Crippen molar-refractivity contribution >= 4 is 27.1 Å². The molecule has 0 amide bonds. The lowest BCUT2D eigenvalue weighted by Gasteiger charge is -2.11. The number of rotatable bonds is 10. The van der Waals surface area contributed by atoms with Crippen molar-refractivity contribution in [2.45, 2.75) is 4.90 Å². The molecular weight excluding hydrogens is 368 g/mol. The van der Waals surface area contributed by atoms with Gasteiger partial charge in [-0.15, -0.1) is 0 Å². The van der Waals surface area contributed by atoms with Gasteiger partial charge >= 0.3 is 0 Å². The lowest BCUT2D eigenvalue weighted by molar-refractivity contribution is 0.0961. The van der Waals surface area contributed by atoms with E-state index in [0.717, 1.165) is 5.69 Å². The molecule has 9 heteroatoms. The maximum absolute atomic E-state index is 12.2. The van der Waals surface area contributed by atoms with E-state index in [1.807, 2.05) is 43.3 Å². The second-order valence-corrected chi connectivity index (χ2v) is 7.61. The second kappa shape index (κ2) is 10.1. The molecule has 0 unspecified atom stereocenters. The minimum absolute atomic E-state index is 0.0947. The van der Waals surface area contributed by atoms with Crippen molar-refractivity contribution in [3.63, 3.8) is 0 Å². The molecule has 2 aromatic carbocycles. The molecule has 0 fully saturated rings. The minimum atomic E-state index is -3.61. The summed E-state index contributed by atoms with van der Waals surface area (Å²) in [5, 5.41) is 16.9. The first-order valence-corrected chi connectivity index (χ1v) is 9.88. The molecule has 0 aliphatic heterocycles. The number of hydrogen-bond donors (Lipinski definition) is 2. The number of hydrogen-bond acceptors (Lipinski definition) is 7. The van der Waals surface area contributed by atoms with Gasteiger partial charge in [0.1, 0.15) is 0 Å². The van der Waals surface area contributed by atoms with Crippen molar-refractivity contribution in [1.29, 1.82) is 0 Å². The van der Waals surface area contributed by atoms with Crippen LogP contribution >= 0.6 is 0 Å². The smallest absolute Gasteiger partial charge is 0.240 e. The lowest BCUT2D eigenvalue weighted by Crippen LogP contribution is -2.27. The third-order valence-corrected chi connectivity index (χ3v) is 5.05. The zero-order valence-corrected chi connectivity index (χ0v) is 16.2. The summed E-state index contributed by atoms with van der Waals surface area (Å²) >= 11 is 0. The number of azo groups is 1. The molecule has 0 heterocycles. The van der Waals surface area contributed by atoms with Gasteiger partial charge in [0.05, 0.1) is 36.1 Å². The number of aliphatic hydroxyl groups excluding tert-OH is 1. The van der Waals surface area contributed by atoms with Crippen LogP contribution in [-0.2, 0) is 14.8 Å². The molecule has 0 radical (unpaired) electrons. The Balaban J connectivity index is 1.95. The van der Waals surface area contributed by atoms with Crippen LogP contribution in [0.15, 0.2) is 63.7 Å². The molecule has 2 rings (SSSR count). The molecule has 27 heavy (non-hydrogen) atoms. The van der Waals surface area contributed by atoms with E-state index in [1.165, 1.54) is 12.1 Å². The number of aliphatic hydroxyl groups is 1. The van der Waals surface area contributed by atoms with E-state index in [2.05, 4.69) is 15.0 Å². The fourth-order valence-corrected chi connectivity index (χ4v) is 3.14. The van der Waals surface area contributed by atoms with E-state index in [9.17, 15) is 8.42 Å². The van der Waals surface area contributed by atoms with Gasteiger partial charge in [-0.2, -0.15) is 10.2 Å². The van der Waals surface area contributed by atoms with E-state index >= 15 is 0 Å². The third kappa shape index (κ3) is 6.72. The predicted molar refractivity (Wildman–Crippen MR) is 104 cm³/mol. The molecule has 0 saturated carbocycles. The van der Waals surface area contributed by atoms with Crippen molar-refractivity contribution in [2.24, 2.45) is 10.2 Å². The quantitative estimate of drug-likeness (QED) is 0.477. The van der Waals surface area contributed by atoms with Crippen LogP contribution in [0.3, 0.4) is 0 Å². The normalized spacial score (nSPS) is 11.8. The van der Waals surface area contributed by atoms with Crippen molar-refractivity contribution < 1.29 is 18.3 Å². The monoisotopic (exact) mass is 392 g/mol. The number of benzene rings is 2. The fraction of sp³-hybridized carbons (Fsp3) is 0.333. The number of anilines is 1. The molecule has 0 saturated heterocycles. The van der Waals surface area contributed by atoms with Crippen LogP contribution in [-0.4, -0.2) is 54.0 Å². The molecule has 0 bridgehead atoms. The van der Waals surface area contributed by atoms with Crippen LogP contribution in [0.1, 0.15) is 0 Å². The maximum atomic E-state index is 12.2. The Morgan fingerprint density at radius 1 is 0.963 bits per heavy atom. The van der Waals surface area contributed by atoms with Gasteiger partial charge in [0, 0.05) is 26.3 Å². The topological polar surface area (TPSA) is 104 Å². The largest absolute Gasteiger partial charge is 0.394 e. The number of nitrogens with one attached hydrogen (secondary N) is 1. The Bertz CT molecular complexity index is 835. The van der Waals surface area contributed by atoms with Gasteiger partial charge in [0.25, 0.3) is 0 Å². The Labute approximate surface area is 159 Å². The van der Waals surface area contributed by atoms with Gasteiger partial charge in [0.15, 0.2) is 0 Å². The maximum Gasteiger partial charge on any atom is 0.240 e. The Morgan fingerprint density at radius 2 is 1.52 bits per heavy atom. The van der Waals surface area contributed by atoms with Crippen LogP contribution in [0.25, 0.3) is 0 Å². The highest BCUT2D eigenvalue weighted by Gasteiger charge is 2.12. The first-order valence-electron chi connectivity index (χ1n) is 8.40. The first kappa shape index (κ1) is 21.0. The van der Waals surface area contributed by atoms with Crippen LogP contribution in [0.4, 0.5) is 17.1 Å². The van der Waals surface area contributed by atoms with E-state index in [0.29, 0.717) is 11.4 Å². The lowest BCUT2D eigenvalue weighted by atomic mass is 10.3. The standard InChI is InChI=1S/C18H24N4O4S/c1-22(2)17-7-3-15(4-8-17)20-21-16-5-9-18(10-6-16)27(24,25)19-11-13-26-14-12-23/h3-10,19,23H,11-14H2,1-2H3/b21-20+. The molecule has 0 aliphatic rings. The first-order chi connectivity index (χ1) is 12.9. The summed E-state index contributed by atoms with van der Waals surface area (Å²) in [5.41, 5.74) is 2.33. The minimum Gasteiger partial charge on any atom is -0.394 e. The van der Waals surface area contributed by atoms with Gasteiger partial charge < -0.3 is 14.7 Å². The molecule has 146 valence electrons. The highest BCUT2D eigenvalue weighted by molar-refractivity contribution is 7.89. The molecule has 0 aliphatic carbocycles. The molecule has 2 N–H and O–H groups in total. The summed E-state index contributed by atoms with van der Waals surface area (Å²) in [6.45, 7) is 0.410. The summed E-state index contributed by atoms with van der Waals surface area (Å²) in [4.78, 5) is 2.13. The SMILES string of the molecule is CN(C)c1ccc(/N=N/c2ccc(S(=O)(=O)NCCOCCO)cc2)cc1. The van der Waals surface area contributed by atoms with Crippen LogP contribution in [0, 0.1) is 0 Å². The molecule has 8 nitrogen and oxygen atoms in total. The fourth-order valence-electron chi connectivity index (χ4n) is 2.12. The Hall–Kier alpha value is -2.33. The van der Waals surface area contributed by atoms with Crippen molar-refractivity contribution in [2.75, 3.05) is 45.4 Å². The van der Waals surface area contributed by atoms with Crippen LogP contribution in [0.2, 0.25) is 0 Å². The average Bonchev–Trinajstić information content (AvgIpc) is 2.67. The van der Waals surface area contributed by atoms with E-state index in [1.54, 1.807) is 12.1 Å². The van der Waals surface area contributed by atoms with Crippen LogP contribution < -0.4 is 9.62 Å². The summed E-state index contributed by atoms with van der Waals surface area (Å²) in [6, 6.07) is 13.7. The zero-order chi connectivity index (χ0) is 19.7. The summed E-state index contributed by atoms with van der Waals surface area (Å²) < 4.78 is 31.8. The summed E-state index contributed by atoms with van der Waals surface area (Å²) in [6.07, 6.45) is 0. The molecule has 0 aromatic heterocycles. The van der Waals surface area contributed by atoms with Gasteiger partial charge in [-0.25, -0.2) is 13.1 Å². The van der Waals surface area contributed by atoms with E-state index in [4.69, 9.17) is 9.84 Å². The molecule has 0 spiro atoms. The molecule has 0 atom stereocenters. The van der Waals surface area contributed by atoms with Crippen LogP contribution in [0.5, 0.6) is 0 Å². The summed E-state index contributed by atoms with van der Waals surface area (Å²) in [5.74, 6) is 0. The third-order valence-electron chi connectivity index (χ3n) is 3.57. The van der Waals surface area contributed by atoms with Gasteiger partial charge in [0.2, 0.25) is 10.0 Å². The second-order valence-electron chi connectivity index (χ2n) is 5.84. The van der Waals surface area contributed by atoms with Crippen molar-refractivity contribution in [3.05, 3.63) is 48.5 Å². The van der Waals surface area contributed by atoms with E-state index in [-0.39, 0.29) is 31.3 Å². The number of ether oxygens (including phenoxy) is 1.